The second-order valence-electron chi connectivity index (χ2n) is 5.17. The van der Waals surface area contributed by atoms with Crippen molar-refractivity contribution in [1.82, 2.24) is 0 Å². The molecule has 0 spiro atoms. The van der Waals surface area contributed by atoms with Gasteiger partial charge in [-0.15, -0.1) is 0 Å². The molecule has 0 saturated carbocycles. The summed E-state index contributed by atoms with van der Waals surface area (Å²) in [7, 11) is 1.53. The Morgan fingerprint density at radius 2 is 1.74 bits per heavy atom. The molecule has 0 bridgehead atoms. The number of phenols is 1. The van der Waals surface area contributed by atoms with Gasteiger partial charge in [0.05, 0.1) is 22.8 Å². The quantitative estimate of drug-likeness (QED) is 0.602. The maximum Gasteiger partial charge on any atom is 0.145 e. The van der Waals surface area contributed by atoms with Gasteiger partial charge in [-0.3, -0.25) is 4.84 Å². The third kappa shape index (κ3) is 2.83. The molecule has 0 heterocycles. The van der Waals surface area contributed by atoms with E-state index in [1.54, 1.807) is 18.2 Å². The third-order valence-corrected chi connectivity index (χ3v) is 4.53. The number of hydrogen-bond acceptors (Lipinski definition) is 3. The molecule has 5 heteroatoms. The van der Waals surface area contributed by atoms with Crippen molar-refractivity contribution in [2.24, 2.45) is 0 Å². The summed E-state index contributed by atoms with van der Waals surface area (Å²) in [5, 5.41) is 15.0. The third-order valence-electron chi connectivity index (χ3n) is 3.79. The number of aryl methyl sites for hydroxylation is 1. The number of anilines is 2. The zero-order chi connectivity index (χ0) is 16.6. The number of rotatable bonds is 3. The molecule has 23 heavy (non-hydrogen) atoms. The summed E-state index contributed by atoms with van der Waals surface area (Å²) in [4.78, 5) is 5.47. The van der Waals surface area contributed by atoms with Gasteiger partial charge >= 0.3 is 0 Å². The summed E-state index contributed by atoms with van der Waals surface area (Å²) in [6, 6.07) is 14.9. The lowest BCUT2D eigenvalue weighted by atomic mass is 10.0. The Kier molecular flexibility index (Phi) is 4.35. The van der Waals surface area contributed by atoms with Crippen LogP contribution in [-0.4, -0.2) is 12.2 Å². The Morgan fingerprint density at radius 1 is 1.00 bits per heavy atom. The topological polar surface area (TPSA) is 32.7 Å². The Morgan fingerprint density at radius 3 is 2.43 bits per heavy atom. The van der Waals surface area contributed by atoms with Crippen LogP contribution in [0.25, 0.3) is 10.8 Å². The summed E-state index contributed by atoms with van der Waals surface area (Å²) in [6.07, 6.45) is 0. The van der Waals surface area contributed by atoms with Gasteiger partial charge in [-0.2, -0.15) is 0 Å². The Labute approximate surface area is 144 Å². The SMILES string of the molecule is CON(c1ccc(Cl)c(Cl)c1)c1cc2ccccc2c(C)c1O. The minimum atomic E-state index is 0.164. The summed E-state index contributed by atoms with van der Waals surface area (Å²) in [5.74, 6) is 0.164. The maximum atomic E-state index is 10.6. The monoisotopic (exact) mass is 347 g/mol. The Balaban J connectivity index is 2.20. The van der Waals surface area contributed by atoms with Crippen LogP contribution in [0.3, 0.4) is 0 Å². The molecule has 0 amide bonds. The molecule has 0 fully saturated rings. The molecular weight excluding hydrogens is 333 g/mol. The van der Waals surface area contributed by atoms with E-state index in [1.807, 2.05) is 37.3 Å². The Hall–Kier alpha value is -1.94. The molecule has 3 nitrogen and oxygen atoms in total. The van der Waals surface area contributed by atoms with Crippen LogP contribution in [-0.2, 0) is 4.84 Å². The molecule has 0 aliphatic rings. The fraction of sp³-hybridized carbons (Fsp3) is 0.111. The fourth-order valence-corrected chi connectivity index (χ4v) is 2.90. The highest BCUT2D eigenvalue weighted by Gasteiger charge is 2.18. The zero-order valence-electron chi connectivity index (χ0n) is 12.7. The second kappa shape index (κ2) is 6.28. The van der Waals surface area contributed by atoms with Gasteiger partial charge in [0.2, 0.25) is 0 Å². The largest absolute Gasteiger partial charge is 0.505 e. The molecule has 3 rings (SSSR count). The first kappa shape index (κ1) is 15.9. The van der Waals surface area contributed by atoms with Crippen LogP contribution in [0.5, 0.6) is 5.75 Å². The lowest BCUT2D eigenvalue weighted by Gasteiger charge is -2.24. The first-order chi connectivity index (χ1) is 11.0. The van der Waals surface area contributed by atoms with Gasteiger partial charge in [-0.1, -0.05) is 47.5 Å². The van der Waals surface area contributed by atoms with E-state index in [4.69, 9.17) is 28.0 Å². The molecule has 0 unspecified atom stereocenters. The number of nitrogens with zero attached hydrogens (tertiary/aromatic N) is 1. The van der Waals surface area contributed by atoms with Gasteiger partial charge in [0, 0.05) is 5.56 Å². The molecule has 0 radical (unpaired) electrons. The van der Waals surface area contributed by atoms with Crippen LogP contribution in [0.15, 0.2) is 48.5 Å². The number of benzene rings is 3. The van der Waals surface area contributed by atoms with E-state index >= 15 is 0 Å². The van der Waals surface area contributed by atoms with Crippen LogP contribution in [0, 0.1) is 6.92 Å². The van der Waals surface area contributed by atoms with Crippen molar-refractivity contribution < 1.29 is 9.94 Å². The molecule has 0 atom stereocenters. The van der Waals surface area contributed by atoms with Crippen LogP contribution in [0.4, 0.5) is 11.4 Å². The summed E-state index contributed by atoms with van der Waals surface area (Å²) in [6.45, 7) is 1.88. The van der Waals surface area contributed by atoms with Gasteiger partial charge in [0.1, 0.15) is 11.4 Å². The van der Waals surface area contributed by atoms with Crippen LogP contribution in [0.2, 0.25) is 10.0 Å². The zero-order valence-corrected chi connectivity index (χ0v) is 14.2. The van der Waals surface area contributed by atoms with Gasteiger partial charge in [-0.05, 0) is 42.0 Å². The van der Waals surface area contributed by atoms with Crippen molar-refractivity contribution in [3.8, 4) is 5.75 Å². The summed E-state index contributed by atoms with van der Waals surface area (Å²) in [5.41, 5.74) is 2.01. The average molecular weight is 348 g/mol. The molecule has 118 valence electrons. The van der Waals surface area contributed by atoms with E-state index in [2.05, 4.69) is 0 Å². The van der Waals surface area contributed by atoms with Crippen molar-refractivity contribution in [3.05, 3.63) is 64.1 Å². The van der Waals surface area contributed by atoms with Crippen LogP contribution in [0.1, 0.15) is 5.56 Å². The standard InChI is InChI=1S/C18H15Cl2NO2/c1-11-14-6-4-3-5-12(14)9-17(18(11)22)21(23-2)13-7-8-15(19)16(20)10-13/h3-10,22H,1-2H3. The van der Waals surface area contributed by atoms with E-state index in [0.29, 0.717) is 21.4 Å². The predicted molar refractivity (Wildman–Crippen MR) is 96.0 cm³/mol. The lowest BCUT2D eigenvalue weighted by molar-refractivity contribution is 0.199. The first-order valence-corrected chi connectivity index (χ1v) is 7.79. The lowest BCUT2D eigenvalue weighted by Crippen LogP contribution is -2.15. The van der Waals surface area contributed by atoms with Crippen LogP contribution < -0.4 is 5.06 Å². The molecule has 0 aliphatic heterocycles. The van der Waals surface area contributed by atoms with Crippen molar-refractivity contribution in [3.63, 3.8) is 0 Å². The molecule has 3 aromatic rings. The molecule has 1 N–H and O–H groups in total. The first-order valence-electron chi connectivity index (χ1n) is 7.03. The predicted octanol–water partition coefficient (Wildman–Crippen LogP) is 5.86. The number of hydrogen-bond donors (Lipinski definition) is 1. The van der Waals surface area contributed by atoms with Crippen molar-refractivity contribution in [2.45, 2.75) is 6.92 Å². The summed E-state index contributed by atoms with van der Waals surface area (Å²) < 4.78 is 0. The van der Waals surface area contributed by atoms with Crippen molar-refractivity contribution >= 4 is 45.3 Å². The molecular formula is C18H15Cl2NO2. The van der Waals surface area contributed by atoms with E-state index < -0.39 is 0 Å². The van der Waals surface area contributed by atoms with E-state index in [9.17, 15) is 5.11 Å². The van der Waals surface area contributed by atoms with Gasteiger partial charge in [0.25, 0.3) is 0 Å². The average Bonchev–Trinajstić information content (AvgIpc) is 2.56. The minimum Gasteiger partial charge on any atom is -0.505 e. The number of fused-ring (bicyclic) bond motifs is 1. The highest BCUT2D eigenvalue weighted by molar-refractivity contribution is 6.42. The van der Waals surface area contributed by atoms with E-state index in [-0.39, 0.29) is 5.75 Å². The Bertz CT molecular complexity index is 880. The van der Waals surface area contributed by atoms with E-state index in [0.717, 1.165) is 16.3 Å². The smallest absolute Gasteiger partial charge is 0.145 e. The maximum absolute atomic E-state index is 10.6. The number of aromatic hydroxyl groups is 1. The normalized spacial score (nSPS) is 11.0. The van der Waals surface area contributed by atoms with Gasteiger partial charge in [-0.25, -0.2) is 5.06 Å². The van der Waals surface area contributed by atoms with Gasteiger partial charge in [0.15, 0.2) is 0 Å². The van der Waals surface area contributed by atoms with Crippen LogP contribution >= 0.6 is 23.2 Å². The van der Waals surface area contributed by atoms with Crippen molar-refractivity contribution in [2.75, 3.05) is 12.2 Å². The fourth-order valence-electron chi connectivity index (χ4n) is 2.61. The van der Waals surface area contributed by atoms with Gasteiger partial charge < -0.3 is 5.11 Å². The highest BCUT2D eigenvalue weighted by atomic mass is 35.5. The molecule has 0 aromatic heterocycles. The number of phenolic OH excluding ortho intramolecular Hbond substituents is 1. The van der Waals surface area contributed by atoms with Crippen molar-refractivity contribution in [1.29, 1.82) is 0 Å². The summed E-state index contributed by atoms with van der Waals surface area (Å²) >= 11 is 12.1. The molecule has 0 aliphatic carbocycles. The minimum absolute atomic E-state index is 0.164. The molecule has 3 aromatic carbocycles. The molecule has 0 saturated heterocycles. The number of halogens is 2. The van der Waals surface area contributed by atoms with E-state index in [1.165, 1.54) is 12.2 Å². The second-order valence-corrected chi connectivity index (χ2v) is 5.98. The highest BCUT2D eigenvalue weighted by Crippen LogP contribution is 2.40.